The van der Waals surface area contributed by atoms with Crippen molar-refractivity contribution < 1.29 is 19.1 Å². The van der Waals surface area contributed by atoms with Gasteiger partial charge in [-0.25, -0.2) is 14.6 Å². The molecule has 0 bridgehead atoms. The molecule has 3 heterocycles. The molecule has 0 aliphatic carbocycles. The lowest BCUT2D eigenvalue weighted by molar-refractivity contribution is -0.142. The van der Waals surface area contributed by atoms with Gasteiger partial charge in [-0.05, 0) is 74.1 Å². The van der Waals surface area contributed by atoms with Crippen molar-refractivity contribution in [3.8, 4) is 0 Å². The summed E-state index contributed by atoms with van der Waals surface area (Å²) < 4.78 is 4.75. The van der Waals surface area contributed by atoms with E-state index in [4.69, 9.17) is 27.9 Å². The van der Waals surface area contributed by atoms with Crippen molar-refractivity contribution in [3.63, 3.8) is 0 Å². The summed E-state index contributed by atoms with van der Waals surface area (Å²) in [5.41, 5.74) is 2.09. The third-order valence-electron chi connectivity index (χ3n) is 6.87. The Morgan fingerprint density at radius 3 is 2.58 bits per heavy atom. The number of carbonyl (C=O) groups is 3. The second-order valence-electron chi connectivity index (χ2n) is 9.54. The number of nitrogens with zero attached hydrogens (tertiary/aromatic N) is 3. The van der Waals surface area contributed by atoms with Gasteiger partial charge in [0.05, 0.1) is 12.7 Å². The number of rotatable bonds is 10. The summed E-state index contributed by atoms with van der Waals surface area (Å²) in [6.07, 6.45) is 2.39. The van der Waals surface area contributed by atoms with Crippen LogP contribution in [0.3, 0.4) is 0 Å². The van der Waals surface area contributed by atoms with Gasteiger partial charge in [-0.3, -0.25) is 4.79 Å². The highest BCUT2D eigenvalue weighted by Crippen LogP contribution is 2.23. The van der Waals surface area contributed by atoms with Crippen LogP contribution in [0.1, 0.15) is 54.6 Å². The zero-order valence-electron chi connectivity index (χ0n) is 22.1. The summed E-state index contributed by atoms with van der Waals surface area (Å²) in [7, 11) is 1.31. The molecule has 208 valence electrons. The van der Waals surface area contributed by atoms with E-state index >= 15 is 0 Å². The number of nitrogens with one attached hydrogen (secondary N) is 2. The topological polar surface area (TPSA) is 104 Å². The Bertz CT molecular complexity index is 1090. The van der Waals surface area contributed by atoms with E-state index < -0.39 is 12.0 Å². The predicted molar refractivity (Wildman–Crippen MR) is 150 cm³/mol. The van der Waals surface area contributed by atoms with E-state index in [0.717, 1.165) is 37.9 Å². The molecule has 9 nitrogen and oxygen atoms in total. The van der Waals surface area contributed by atoms with Gasteiger partial charge in [-0.15, -0.1) is 0 Å². The molecule has 1 aliphatic rings. The van der Waals surface area contributed by atoms with Crippen LogP contribution in [-0.4, -0.2) is 77.6 Å². The van der Waals surface area contributed by atoms with Gasteiger partial charge < -0.3 is 25.2 Å². The molecular weight excluding hydrogens is 549 g/mol. The van der Waals surface area contributed by atoms with Crippen LogP contribution in [0, 0.1) is 6.92 Å². The summed E-state index contributed by atoms with van der Waals surface area (Å²) in [5.74, 6) is -0.742. The van der Waals surface area contributed by atoms with E-state index in [2.05, 4.69) is 27.4 Å². The fourth-order valence-electron chi connectivity index (χ4n) is 4.62. The Labute approximate surface area is 237 Å². The smallest absolute Gasteiger partial charge is 0.328 e. The Balaban J connectivity index is 1.52. The highest BCUT2D eigenvalue weighted by atomic mass is 35.5. The number of thiophene rings is 1. The van der Waals surface area contributed by atoms with Crippen LogP contribution in [0.5, 0.6) is 0 Å². The largest absolute Gasteiger partial charge is 0.467 e. The first kappa shape index (κ1) is 30.1. The molecule has 12 heteroatoms. The van der Waals surface area contributed by atoms with E-state index in [9.17, 15) is 14.4 Å². The number of methoxy groups -OCH3 is 1. The van der Waals surface area contributed by atoms with Crippen molar-refractivity contribution >= 4 is 52.4 Å². The quantitative estimate of drug-likeness (QED) is 0.315. The molecule has 2 atom stereocenters. The number of hydrogen-bond donors (Lipinski definition) is 2. The minimum atomic E-state index is -0.727. The van der Waals surface area contributed by atoms with E-state index in [-0.39, 0.29) is 34.3 Å². The monoisotopic (exact) mass is 583 g/mol. The predicted octanol–water partition coefficient (Wildman–Crippen LogP) is 4.50. The third-order valence-corrected chi connectivity index (χ3v) is 8.07. The number of amides is 3. The molecule has 0 spiro atoms. The maximum Gasteiger partial charge on any atom is 0.328 e. The number of piperidine rings is 1. The van der Waals surface area contributed by atoms with Crippen LogP contribution in [0.4, 0.5) is 4.79 Å². The molecule has 2 aromatic rings. The van der Waals surface area contributed by atoms with E-state index in [1.807, 2.05) is 21.7 Å². The number of aryl methyl sites for hydroxylation is 1. The first-order valence-electron chi connectivity index (χ1n) is 12.6. The molecule has 0 aromatic carbocycles. The lowest BCUT2D eigenvalue weighted by Gasteiger charge is -2.41. The van der Waals surface area contributed by atoms with Crippen LogP contribution in [0.2, 0.25) is 10.3 Å². The zero-order chi connectivity index (χ0) is 27.8. The molecule has 38 heavy (non-hydrogen) atoms. The van der Waals surface area contributed by atoms with Crippen molar-refractivity contribution in [2.24, 2.45) is 0 Å². The molecule has 3 amide bonds. The molecule has 2 aromatic heterocycles. The molecule has 0 unspecified atom stereocenters. The molecule has 2 N–H and O–H groups in total. The number of hydrogen-bond acceptors (Lipinski definition) is 7. The lowest BCUT2D eigenvalue weighted by atomic mass is 10.0. The Morgan fingerprint density at radius 2 is 1.97 bits per heavy atom. The van der Waals surface area contributed by atoms with Crippen molar-refractivity contribution in [2.75, 3.05) is 26.7 Å². The molecule has 1 aliphatic heterocycles. The van der Waals surface area contributed by atoms with Gasteiger partial charge in [0.2, 0.25) is 0 Å². The van der Waals surface area contributed by atoms with Gasteiger partial charge in [0.1, 0.15) is 16.3 Å². The van der Waals surface area contributed by atoms with Crippen LogP contribution in [0.25, 0.3) is 0 Å². The van der Waals surface area contributed by atoms with Gasteiger partial charge in [-0.2, -0.15) is 11.3 Å². The lowest BCUT2D eigenvalue weighted by Crippen LogP contribution is -2.54. The zero-order valence-corrected chi connectivity index (χ0v) is 24.5. The number of ether oxygens (including phenoxy) is 1. The van der Waals surface area contributed by atoms with Gasteiger partial charge >= 0.3 is 12.0 Å². The van der Waals surface area contributed by atoms with Crippen molar-refractivity contribution in [3.05, 3.63) is 49.9 Å². The summed E-state index contributed by atoms with van der Waals surface area (Å²) in [6, 6.07) is 2.92. The Morgan fingerprint density at radius 1 is 1.26 bits per heavy atom. The van der Waals surface area contributed by atoms with Crippen molar-refractivity contribution in [1.29, 1.82) is 0 Å². The molecule has 0 radical (unpaired) electrons. The number of halogens is 2. The highest BCUT2D eigenvalue weighted by Gasteiger charge is 2.31. The summed E-state index contributed by atoms with van der Waals surface area (Å²) >= 11 is 13.6. The van der Waals surface area contributed by atoms with Gasteiger partial charge in [-0.1, -0.05) is 23.2 Å². The molecule has 0 saturated carbocycles. The first-order chi connectivity index (χ1) is 18.1. The normalized spacial score (nSPS) is 15.9. The van der Waals surface area contributed by atoms with Gasteiger partial charge in [0.25, 0.3) is 5.91 Å². The van der Waals surface area contributed by atoms with Gasteiger partial charge in [0, 0.05) is 38.3 Å². The third kappa shape index (κ3) is 8.05. The van der Waals surface area contributed by atoms with Gasteiger partial charge in [0.15, 0.2) is 0 Å². The van der Waals surface area contributed by atoms with E-state index in [1.54, 1.807) is 31.3 Å². The number of esters is 1. The van der Waals surface area contributed by atoms with Crippen molar-refractivity contribution in [2.45, 2.75) is 64.7 Å². The number of likely N-dealkylation sites (tertiary alicyclic amines) is 1. The maximum absolute atomic E-state index is 13.1. The standard InChI is InChI=1S/C26H35Cl2N5O4S/c1-16-13-21(27)31-23(28)22(16)24(34)29-9-5-17(2)32-10-6-20(7-11-32)33(14-19-8-12-38-15-19)26(36)30-18(3)25(35)37-4/h8,12-13,15,17-18,20H,5-7,9-11,14H2,1-4H3,(H,29,34)(H,30,36)/t17-,18+/m1/s1. The fourth-order valence-corrected chi connectivity index (χ4v) is 5.90. The Hall–Kier alpha value is -2.40. The second-order valence-corrected chi connectivity index (χ2v) is 11.1. The minimum absolute atomic E-state index is 0.0467. The molecule has 1 fully saturated rings. The van der Waals surface area contributed by atoms with Crippen molar-refractivity contribution in [1.82, 2.24) is 25.4 Å². The minimum Gasteiger partial charge on any atom is -0.467 e. The van der Waals surface area contributed by atoms with Crippen LogP contribution in [0.15, 0.2) is 22.9 Å². The average Bonchev–Trinajstić information content (AvgIpc) is 3.39. The molecular formula is C26H35Cl2N5O4S. The SMILES string of the molecule is COC(=O)[C@H](C)NC(=O)N(Cc1ccsc1)C1CCN([C@H](C)CCNC(=O)c2c(C)cc(Cl)nc2Cl)CC1. The van der Waals surface area contributed by atoms with Crippen LogP contribution < -0.4 is 10.6 Å². The number of carbonyl (C=O) groups excluding carboxylic acids is 3. The van der Waals surface area contributed by atoms with E-state index in [0.29, 0.717) is 24.2 Å². The number of urea groups is 1. The first-order valence-corrected chi connectivity index (χ1v) is 14.3. The second kappa shape index (κ2) is 14.1. The van der Waals surface area contributed by atoms with Crippen LogP contribution in [-0.2, 0) is 16.1 Å². The van der Waals surface area contributed by atoms with Crippen LogP contribution >= 0.6 is 34.5 Å². The average molecular weight is 585 g/mol. The maximum atomic E-state index is 13.1. The Kier molecular flexibility index (Phi) is 11.2. The fraction of sp³-hybridized carbons (Fsp3) is 0.538. The molecule has 1 saturated heterocycles. The van der Waals surface area contributed by atoms with E-state index in [1.165, 1.54) is 7.11 Å². The summed E-state index contributed by atoms with van der Waals surface area (Å²) in [4.78, 5) is 45.8. The molecule has 3 rings (SSSR count). The summed E-state index contributed by atoms with van der Waals surface area (Å²) in [6.45, 7) is 8.17. The summed E-state index contributed by atoms with van der Waals surface area (Å²) in [5, 5.41) is 10.1. The number of pyridine rings is 1. The number of aromatic nitrogens is 1. The highest BCUT2D eigenvalue weighted by molar-refractivity contribution is 7.07.